The van der Waals surface area contributed by atoms with Gasteiger partial charge in [0.25, 0.3) is 0 Å². The van der Waals surface area contributed by atoms with Gasteiger partial charge in [-0.05, 0) is 31.9 Å². The Morgan fingerprint density at radius 2 is 2.25 bits per heavy atom. The van der Waals surface area contributed by atoms with E-state index in [4.69, 9.17) is 5.11 Å². The van der Waals surface area contributed by atoms with Gasteiger partial charge in [0.2, 0.25) is 0 Å². The van der Waals surface area contributed by atoms with E-state index in [9.17, 15) is 13.2 Å². The summed E-state index contributed by atoms with van der Waals surface area (Å²) < 4.78 is 28.4. The number of anilines is 1. The molecule has 1 fully saturated rings. The minimum Gasteiger partial charge on any atom is -0.476 e. The van der Waals surface area contributed by atoms with Crippen LogP contribution in [0.3, 0.4) is 0 Å². The lowest BCUT2D eigenvalue weighted by Gasteiger charge is -2.32. The minimum atomic E-state index is -3.76. The molecule has 1 aromatic rings. The monoisotopic (exact) mass is 299 g/mol. The fourth-order valence-corrected chi connectivity index (χ4v) is 3.79. The molecule has 2 heterocycles. The zero-order valence-electron chi connectivity index (χ0n) is 11.1. The van der Waals surface area contributed by atoms with Gasteiger partial charge in [0.1, 0.15) is 0 Å². The molecule has 8 heteroatoms. The molecular formula is C12H17N3O4S. The first-order valence-corrected chi connectivity index (χ1v) is 7.83. The van der Waals surface area contributed by atoms with Gasteiger partial charge in [0.05, 0.1) is 5.69 Å². The second-order valence-electron chi connectivity index (χ2n) is 4.77. The van der Waals surface area contributed by atoms with E-state index in [0.29, 0.717) is 6.54 Å². The van der Waals surface area contributed by atoms with Crippen molar-refractivity contribution >= 4 is 21.9 Å². The van der Waals surface area contributed by atoms with Crippen molar-refractivity contribution < 1.29 is 18.3 Å². The number of hydrogen-bond acceptors (Lipinski definition) is 4. The molecule has 0 bridgehead atoms. The van der Waals surface area contributed by atoms with E-state index >= 15 is 0 Å². The number of rotatable bonds is 4. The first-order chi connectivity index (χ1) is 9.42. The van der Waals surface area contributed by atoms with Crippen molar-refractivity contribution in [3.05, 3.63) is 24.0 Å². The summed E-state index contributed by atoms with van der Waals surface area (Å²) in [7, 11) is -3.76. The van der Waals surface area contributed by atoms with Crippen molar-refractivity contribution in [2.24, 2.45) is 0 Å². The summed E-state index contributed by atoms with van der Waals surface area (Å²) in [5.41, 5.74) is -0.321. The van der Waals surface area contributed by atoms with Crippen LogP contribution in [0.15, 0.2) is 18.3 Å². The molecule has 1 aliphatic rings. The number of nitrogens with zero attached hydrogens (tertiary/aromatic N) is 2. The van der Waals surface area contributed by atoms with Crippen molar-refractivity contribution in [1.29, 1.82) is 0 Å². The summed E-state index contributed by atoms with van der Waals surface area (Å²) in [5, 5.41) is 9.01. The van der Waals surface area contributed by atoms with Gasteiger partial charge in [0.15, 0.2) is 5.69 Å². The minimum absolute atomic E-state index is 0.0160. The van der Waals surface area contributed by atoms with Gasteiger partial charge in [-0.15, -0.1) is 0 Å². The van der Waals surface area contributed by atoms with Gasteiger partial charge in [0, 0.05) is 18.8 Å². The van der Waals surface area contributed by atoms with Crippen LogP contribution in [-0.4, -0.2) is 41.4 Å². The highest BCUT2D eigenvalue weighted by Gasteiger charge is 2.30. The van der Waals surface area contributed by atoms with Crippen LogP contribution in [0.2, 0.25) is 0 Å². The predicted octanol–water partition coefficient (Wildman–Crippen LogP) is 1.31. The summed E-state index contributed by atoms with van der Waals surface area (Å²) in [6.07, 6.45) is 3.93. The zero-order chi connectivity index (χ0) is 14.8. The standard InChI is InChI=1S/C12H17N3O4S/c1-9-5-2-3-8-15(9)20(18,19)14-10-6-4-7-13-11(10)12(16)17/h4,6-7,9,14H,2-3,5,8H2,1H3,(H,16,17). The lowest BCUT2D eigenvalue weighted by atomic mass is 10.1. The lowest BCUT2D eigenvalue weighted by molar-refractivity contribution is 0.0692. The Kier molecular flexibility index (Phi) is 4.24. The number of nitrogens with one attached hydrogen (secondary N) is 1. The van der Waals surface area contributed by atoms with Crippen molar-refractivity contribution in [3.8, 4) is 0 Å². The first kappa shape index (κ1) is 14.7. The first-order valence-electron chi connectivity index (χ1n) is 6.39. The quantitative estimate of drug-likeness (QED) is 0.873. The molecule has 0 aliphatic carbocycles. The average molecular weight is 299 g/mol. The Labute approximate surface area is 117 Å². The lowest BCUT2D eigenvalue weighted by Crippen LogP contribution is -2.45. The number of carbonyl (C=O) groups is 1. The van der Waals surface area contributed by atoms with E-state index in [1.807, 2.05) is 6.92 Å². The second-order valence-corrected chi connectivity index (χ2v) is 6.39. The summed E-state index contributed by atoms with van der Waals surface area (Å²) in [6, 6.07) is 2.79. The number of hydrogen-bond donors (Lipinski definition) is 2. The Balaban J connectivity index is 2.26. The Hall–Kier alpha value is -1.67. The van der Waals surface area contributed by atoms with E-state index in [-0.39, 0.29) is 17.4 Å². The number of pyridine rings is 1. The topological polar surface area (TPSA) is 99.6 Å². The molecule has 0 radical (unpaired) electrons. The normalized spacial score (nSPS) is 20.6. The van der Waals surface area contributed by atoms with Gasteiger partial charge < -0.3 is 5.11 Å². The number of carboxylic acid groups (broad SMARTS) is 1. The van der Waals surface area contributed by atoms with E-state index in [2.05, 4.69) is 9.71 Å². The van der Waals surface area contributed by atoms with Crippen molar-refractivity contribution in [1.82, 2.24) is 9.29 Å². The van der Waals surface area contributed by atoms with Crippen LogP contribution in [0.4, 0.5) is 5.69 Å². The molecule has 7 nitrogen and oxygen atoms in total. The zero-order valence-corrected chi connectivity index (χ0v) is 11.9. The highest BCUT2D eigenvalue weighted by molar-refractivity contribution is 7.90. The molecule has 2 N–H and O–H groups in total. The third-order valence-electron chi connectivity index (χ3n) is 3.30. The maximum Gasteiger partial charge on any atom is 0.356 e. The number of aromatic nitrogens is 1. The van der Waals surface area contributed by atoms with Gasteiger partial charge in [-0.2, -0.15) is 12.7 Å². The van der Waals surface area contributed by atoms with Crippen LogP contribution >= 0.6 is 0 Å². The van der Waals surface area contributed by atoms with Gasteiger partial charge in [-0.3, -0.25) is 4.72 Å². The number of aromatic carboxylic acids is 1. The Morgan fingerprint density at radius 1 is 1.50 bits per heavy atom. The third-order valence-corrected chi connectivity index (χ3v) is 4.94. The largest absolute Gasteiger partial charge is 0.476 e. The fraction of sp³-hybridized carbons (Fsp3) is 0.500. The SMILES string of the molecule is CC1CCCCN1S(=O)(=O)Nc1cccnc1C(=O)O. The van der Waals surface area contributed by atoms with Crippen molar-refractivity contribution in [2.75, 3.05) is 11.3 Å². The van der Waals surface area contributed by atoms with Crippen LogP contribution in [0.1, 0.15) is 36.7 Å². The fourth-order valence-electron chi connectivity index (χ4n) is 2.28. The smallest absolute Gasteiger partial charge is 0.356 e. The van der Waals surface area contributed by atoms with Crippen LogP contribution in [0.5, 0.6) is 0 Å². The average Bonchev–Trinajstić information content (AvgIpc) is 2.39. The van der Waals surface area contributed by atoms with Crippen LogP contribution in [0.25, 0.3) is 0 Å². The molecule has 0 amide bonds. The second kappa shape index (κ2) is 5.76. The van der Waals surface area contributed by atoms with E-state index < -0.39 is 16.2 Å². The van der Waals surface area contributed by atoms with Crippen molar-refractivity contribution in [3.63, 3.8) is 0 Å². The molecule has 1 aromatic heterocycles. The molecule has 1 atom stereocenters. The van der Waals surface area contributed by atoms with E-state index in [1.165, 1.54) is 22.6 Å². The highest BCUT2D eigenvalue weighted by Crippen LogP contribution is 2.22. The van der Waals surface area contributed by atoms with Crippen LogP contribution < -0.4 is 4.72 Å². The molecule has 0 saturated carbocycles. The van der Waals surface area contributed by atoms with E-state index in [1.54, 1.807) is 0 Å². The maximum atomic E-state index is 12.3. The molecule has 0 spiro atoms. The summed E-state index contributed by atoms with van der Waals surface area (Å²) in [6.45, 7) is 2.29. The molecule has 2 rings (SSSR count). The van der Waals surface area contributed by atoms with Gasteiger partial charge >= 0.3 is 16.2 Å². The molecule has 110 valence electrons. The van der Waals surface area contributed by atoms with E-state index in [0.717, 1.165) is 19.3 Å². The summed E-state index contributed by atoms with van der Waals surface area (Å²) in [5.74, 6) is -1.27. The summed E-state index contributed by atoms with van der Waals surface area (Å²) in [4.78, 5) is 14.7. The maximum absolute atomic E-state index is 12.3. The Morgan fingerprint density at radius 3 is 2.90 bits per heavy atom. The Bertz CT molecular complexity index is 602. The molecular weight excluding hydrogens is 282 g/mol. The molecule has 1 unspecified atom stereocenters. The van der Waals surface area contributed by atoms with Crippen LogP contribution in [-0.2, 0) is 10.2 Å². The summed E-state index contributed by atoms with van der Waals surface area (Å²) >= 11 is 0. The van der Waals surface area contributed by atoms with Gasteiger partial charge in [-0.25, -0.2) is 9.78 Å². The third kappa shape index (κ3) is 3.07. The molecule has 1 saturated heterocycles. The van der Waals surface area contributed by atoms with Crippen LogP contribution in [0, 0.1) is 0 Å². The number of carboxylic acids is 1. The molecule has 20 heavy (non-hydrogen) atoms. The number of piperidine rings is 1. The highest BCUT2D eigenvalue weighted by atomic mass is 32.2. The molecule has 0 aromatic carbocycles. The molecule has 1 aliphatic heterocycles. The van der Waals surface area contributed by atoms with Crippen molar-refractivity contribution in [2.45, 2.75) is 32.2 Å². The predicted molar refractivity (Wildman–Crippen MR) is 73.8 cm³/mol. The van der Waals surface area contributed by atoms with Gasteiger partial charge in [-0.1, -0.05) is 6.42 Å².